The lowest BCUT2D eigenvalue weighted by atomic mass is 10.2. The summed E-state index contributed by atoms with van der Waals surface area (Å²) in [6, 6.07) is 6.81. The Kier molecular flexibility index (Phi) is 4.14. The van der Waals surface area contributed by atoms with Gasteiger partial charge in [0.15, 0.2) is 0 Å². The SMILES string of the molecule is O=[N+]([O-])c1cc(OCc2cc(F)ccc2F)ccc1Cl. The van der Waals surface area contributed by atoms with Crippen molar-refractivity contribution in [1.82, 2.24) is 0 Å². The summed E-state index contributed by atoms with van der Waals surface area (Å²) in [5.41, 5.74) is -0.300. The first-order valence-electron chi connectivity index (χ1n) is 5.48. The summed E-state index contributed by atoms with van der Waals surface area (Å²) >= 11 is 5.65. The molecule has 20 heavy (non-hydrogen) atoms. The molecule has 0 N–H and O–H groups in total. The summed E-state index contributed by atoms with van der Waals surface area (Å²) in [7, 11) is 0. The standard InChI is InChI=1S/C13H8ClF2NO3/c14-11-3-2-10(6-13(11)17(18)19)20-7-8-5-9(15)1-4-12(8)16/h1-6H,7H2. The monoisotopic (exact) mass is 299 g/mol. The molecule has 0 aliphatic rings. The Balaban J connectivity index is 2.17. The van der Waals surface area contributed by atoms with Gasteiger partial charge in [0.05, 0.1) is 11.0 Å². The van der Waals surface area contributed by atoms with Crippen LogP contribution >= 0.6 is 11.6 Å². The molecule has 0 aromatic heterocycles. The van der Waals surface area contributed by atoms with Crippen LogP contribution in [0.5, 0.6) is 5.75 Å². The lowest BCUT2D eigenvalue weighted by Gasteiger charge is -2.07. The first-order valence-corrected chi connectivity index (χ1v) is 5.86. The molecule has 0 aliphatic heterocycles. The highest BCUT2D eigenvalue weighted by atomic mass is 35.5. The number of hydrogen-bond acceptors (Lipinski definition) is 3. The van der Waals surface area contributed by atoms with Gasteiger partial charge < -0.3 is 4.74 Å². The van der Waals surface area contributed by atoms with Gasteiger partial charge in [-0.3, -0.25) is 10.1 Å². The molecular weight excluding hydrogens is 292 g/mol. The number of nitro groups is 1. The number of ether oxygens (including phenoxy) is 1. The van der Waals surface area contributed by atoms with E-state index in [-0.39, 0.29) is 28.6 Å². The average molecular weight is 300 g/mol. The molecule has 0 spiro atoms. The molecule has 0 fully saturated rings. The van der Waals surface area contributed by atoms with E-state index in [1.165, 1.54) is 12.1 Å². The maximum absolute atomic E-state index is 13.4. The zero-order chi connectivity index (χ0) is 14.7. The summed E-state index contributed by atoms with van der Waals surface area (Å²) in [5.74, 6) is -1.06. The molecule has 0 heterocycles. The third kappa shape index (κ3) is 3.21. The molecule has 4 nitrogen and oxygen atoms in total. The van der Waals surface area contributed by atoms with Crippen molar-refractivity contribution in [2.45, 2.75) is 6.61 Å². The van der Waals surface area contributed by atoms with Gasteiger partial charge in [0.25, 0.3) is 5.69 Å². The van der Waals surface area contributed by atoms with Crippen LogP contribution in [0.1, 0.15) is 5.56 Å². The Morgan fingerprint density at radius 1 is 1.20 bits per heavy atom. The maximum atomic E-state index is 13.4. The number of halogens is 3. The molecule has 7 heteroatoms. The largest absolute Gasteiger partial charge is 0.489 e. The number of nitrogens with zero attached hydrogens (tertiary/aromatic N) is 1. The maximum Gasteiger partial charge on any atom is 0.291 e. The zero-order valence-electron chi connectivity index (χ0n) is 9.98. The van der Waals surface area contributed by atoms with Crippen molar-refractivity contribution in [3.05, 3.63) is 68.7 Å². The fraction of sp³-hybridized carbons (Fsp3) is 0.0769. The average Bonchev–Trinajstić information content (AvgIpc) is 2.41. The minimum absolute atomic E-state index is 0.0163. The Bertz CT molecular complexity index is 664. The number of nitro benzene ring substituents is 1. The first kappa shape index (κ1) is 14.2. The molecule has 104 valence electrons. The van der Waals surface area contributed by atoms with E-state index in [1.807, 2.05) is 0 Å². The van der Waals surface area contributed by atoms with Crippen molar-refractivity contribution in [3.8, 4) is 5.75 Å². The van der Waals surface area contributed by atoms with Gasteiger partial charge in [-0.1, -0.05) is 11.6 Å². The van der Waals surface area contributed by atoms with Gasteiger partial charge in [-0.25, -0.2) is 8.78 Å². The first-order chi connectivity index (χ1) is 9.47. The summed E-state index contributed by atoms with van der Waals surface area (Å²) < 4.78 is 31.5. The molecule has 0 bridgehead atoms. The molecule has 0 atom stereocenters. The predicted octanol–water partition coefficient (Wildman–Crippen LogP) is 4.11. The van der Waals surface area contributed by atoms with Gasteiger partial charge in [0.2, 0.25) is 0 Å². The lowest BCUT2D eigenvalue weighted by Crippen LogP contribution is -2.00. The van der Waals surface area contributed by atoms with E-state index in [0.717, 1.165) is 24.3 Å². The number of hydrogen-bond donors (Lipinski definition) is 0. The van der Waals surface area contributed by atoms with Crippen molar-refractivity contribution >= 4 is 17.3 Å². The molecule has 0 saturated carbocycles. The molecule has 2 aromatic rings. The quantitative estimate of drug-likeness (QED) is 0.630. The Morgan fingerprint density at radius 3 is 2.65 bits per heavy atom. The highest BCUT2D eigenvalue weighted by molar-refractivity contribution is 6.32. The van der Waals surface area contributed by atoms with E-state index in [4.69, 9.17) is 16.3 Å². The van der Waals surface area contributed by atoms with Gasteiger partial charge in [0, 0.05) is 5.56 Å². The molecule has 0 unspecified atom stereocenters. The molecule has 0 aliphatic carbocycles. The Labute approximate surface area is 117 Å². The van der Waals surface area contributed by atoms with Gasteiger partial charge in [0.1, 0.15) is 29.0 Å². The van der Waals surface area contributed by atoms with Crippen molar-refractivity contribution in [2.24, 2.45) is 0 Å². The fourth-order valence-electron chi connectivity index (χ4n) is 1.54. The summed E-state index contributed by atoms with van der Waals surface area (Å²) in [5, 5.41) is 10.7. The summed E-state index contributed by atoms with van der Waals surface area (Å²) in [6.45, 7) is -0.248. The van der Waals surface area contributed by atoms with Crippen LogP contribution in [0.3, 0.4) is 0 Å². The normalized spacial score (nSPS) is 10.3. The second-order valence-electron chi connectivity index (χ2n) is 3.89. The fourth-order valence-corrected chi connectivity index (χ4v) is 1.72. The Morgan fingerprint density at radius 2 is 1.95 bits per heavy atom. The molecule has 2 aromatic carbocycles. The van der Waals surface area contributed by atoms with E-state index >= 15 is 0 Å². The summed E-state index contributed by atoms with van der Waals surface area (Å²) in [6.07, 6.45) is 0. The van der Waals surface area contributed by atoms with Gasteiger partial charge in [-0.05, 0) is 30.3 Å². The minimum atomic E-state index is -0.655. The van der Waals surface area contributed by atoms with Gasteiger partial charge >= 0.3 is 0 Å². The van der Waals surface area contributed by atoms with Crippen LogP contribution in [-0.4, -0.2) is 4.92 Å². The van der Waals surface area contributed by atoms with Crippen LogP contribution in [-0.2, 0) is 6.61 Å². The van der Waals surface area contributed by atoms with Crippen molar-refractivity contribution in [1.29, 1.82) is 0 Å². The topological polar surface area (TPSA) is 52.4 Å². The molecule has 0 radical (unpaired) electrons. The zero-order valence-corrected chi connectivity index (χ0v) is 10.7. The Hall–Kier alpha value is -2.21. The number of rotatable bonds is 4. The minimum Gasteiger partial charge on any atom is -0.489 e. The highest BCUT2D eigenvalue weighted by Crippen LogP contribution is 2.29. The van der Waals surface area contributed by atoms with Crippen LogP contribution in [0.4, 0.5) is 14.5 Å². The molecule has 0 saturated heterocycles. The van der Waals surface area contributed by atoms with Crippen LogP contribution in [0.15, 0.2) is 36.4 Å². The van der Waals surface area contributed by atoms with Crippen LogP contribution in [0, 0.1) is 21.7 Å². The van der Waals surface area contributed by atoms with E-state index in [0.29, 0.717) is 0 Å². The molecule has 0 amide bonds. The third-order valence-electron chi connectivity index (χ3n) is 2.52. The van der Waals surface area contributed by atoms with Gasteiger partial charge in [-0.2, -0.15) is 0 Å². The van der Waals surface area contributed by atoms with E-state index in [9.17, 15) is 18.9 Å². The van der Waals surface area contributed by atoms with E-state index in [2.05, 4.69) is 0 Å². The smallest absolute Gasteiger partial charge is 0.291 e. The van der Waals surface area contributed by atoms with Gasteiger partial charge in [-0.15, -0.1) is 0 Å². The molecule has 2 rings (SSSR count). The second-order valence-corrected chi connectivity index (χ2v) is 4.30. The predicted molar refractivity (Wildman–Crippen MR) is 68.8 cm³/mol. The summed E-state index contributed by atoms with van der Waals surface area (Å²) in [4.78, 5) is 10.0. The van der Waals surface area contributed by atoms with E-state index < -0.39 is 16.6 Å². The highest BCUT2D eigenvalue weighted by Gasteiger charge is 2.14. The van der Waals surface area contributed by atoms with Crippen LogP contribution < -0.4 is 4.74 Å². The van der Waals surface area contributed by atoms with Crippen LogP contribution in [0.2, 0.25) is 5.02 Å². The number of benzene rings is 2. The third-order valence-corrected chi connectivity index (χ3v) is 2.84. The van der Waals surface area contributed by atoms with Crippen molar-refractivity contribution in [2.75, 3.05) is 0 Å². The molecular formula is C13H8ClF2NO3. The van der Waals surface area contributed by atoms with E-state index in [1.54, 1.807) is 0 Å². The van der Waals surface area contributed by atoms with Crippen molar-refractivity contribution < 1.29 is 18.4 Å². The van der Waals surface area contributed by atoms with Crippen molar-refractivity contribution in [3.63, 3.8) is 0 Å². The lowest BCUT2D eigenvalue weighted by molar-refractivity contribution is -0.384. The van der Waals surface area contributed by atoms with Crippen LogP contribution in [0.25, 0.3) is 0 Å². The second kappa shape index (κ2) is 5.83.